The minimum absolute atomic E-state index is 0.0914. The van der Waals surface area contributed by atoms with E-state index in [2.05, 4.69) is 15.3 Å². The van der Waals surface area contributed by atoms with Gasteiger partial charge in [-0.2, -0.15) is 0 Å². The maximum absolute atomic E-state index is 13.7. The number of amides is 2. The monoisotopic (exact) mass is 366 g/mol. The number of nitrogens with one attached hydrogen (secondary N) is 1. The molecule has 27 heavy (non-hydrogen) atoms. The topological polar surface area (TPSA) is 67.4 Å². The molecule has 3 aromatic rings. The molecule has 0 aliphatic heterocycles. The molecule has 2 heterocycles. The number of halogens is 1. The fourth-order valence-corrected chi connectivity index (χ4v) is 2.43. The van der Waals surface area contributed by atoms with Gasteiger partial charge in [-0.1, -0.05) is 18.2 Å². The first-order valence-electron chi connectivity index (χ1n) is 8.50. The van der Waals surface area contributed by atoms with Crippen molar-refractivity contribution in [3.8, 4) is 11.6 Å². The SMILES string of the molecule is CCNC(=O)N(Cc1cccnc1)c1ccc(Oc2ccccc2F)nc1. The number of hydrogen-bond donors (Lipinski definition) is 1. The zero-order chi connectivity index (χ0) is 19.1. The van der Waals surface area contributed by atoms with Gasteiger partial charge in [0, 0.05) is 25.0 Å². The predicted octanol–water partition coefficient (Wildman–Crippen LogP) is 4.14. The summed E-state index contributed by atoms with van der Waals surface area (Å²) in [7, 11) is 0. The van der Waals surface area contributed by atoms with Crippen LogP contribution < -0.4 is 15.0 Å². The van der Waals surface area contributed by atoms with Gasteiger partial charge in [0.2, 0.25) is 5.88 Å². The standard InChI is InChI=1S/C20H19FN4O2/c1-2-23-20(26)25(14-15-6-5-11-22-12-15)16-9-10-19(24-13-16)27-18-8-4-3-7-17(18)21/h3-13H,2,14H2,1H3,(H,23,26). The van der Waals surface area contributed by atoms with E-state index >= 15 is 0 Å². The molecule has 0 saturated carbocycles. The Hall–Kier alpha value is -3.48. The Labute approximate surface area is 156 Å². The van der Waals surface area contributed by atoms with Crippen molar-refractivity contribution in [1.29, 1.82) is 0 Å². The number of carbonyl (C=O) groups excluding carboxylic acids is 1. The summed E-state index contributed by atoms with van der Waals surface area (Å²) in [6.07, 6.45) is 4.90. The Morgan fingerprint density at radius 1 is 1.15 bits per heavy atom. The lowest BCUT2D eigenvalue weighted by Crippen LogP contribution is -2.39. The van der Waals surface area contributed by atoms with Crippen LogP contribution in [-0.4, -0.2) is 22.5 Å². The highest BCUT2D eigenvalue weighted by atomic mass is 19.1. The van der Waals surface area contributed by atoms with Gasteiger partial charge in [-0.25, -0.2) is 14.2 Å². The van der Waals surface area contributed by atoms with Gasteiger partial charge < -0.3 is 10.1 Å². The summed E-state index contributed by atoms with van der Waals surface area (Å²) >= 11 is 0. The number of anilines is 1. The van der Waals surface area contributed by atoms with Crippen LogP contribution in [0.15, 0.2) is 67.1 Å². The Bertz CT molecular complexity index is 888. The minimum atomic E-state index is -0.469. The van der Waals surface area contributed by atoms with Gasteiger partial charge in [-0.3, -0.25) is 9.88 Å². The van der Waals surface area contributed by atoms with E-state index in [1.165, 1.54) is 18.3 Å². The number of ether oxygens (including phenoxy) is 1. The average molecular weight is 366 g/mol. The summed E-state index contributed by atoms with van der Waals surface area (Å²) in [6, 6.07) is 12.9. The fourth-order valence-electron chi connectivity index (χ4n) is 2.43. The predicted molar refractivity (Wildman–Crippen MR) is 100 cm³/mol. The van der Waals surface area contributed by atoms with Crippen LogP contribution in [0.2, 0.25) is 0 Å². The summed E-state index contributed by atoms with van der Waals surface area (Å²) in [5.74, 6) is -0.140. The number of rotatable bonds is 6. The van der Waals surface area contributed by atoms with Crippen molar-refractivity contribution in [2.45, 2.75) is 13.5 Å². The smallest absolute Gasteiger partial charge is 0.322 e. The minimum Gasteiger partial charge on any atom is -0.436 e. The molecule has 2 aromatic heterocycles. The van der Waals surface area contributed by atoms with E-state index in [1.54, 1.807) is 41.6 Å². The van der Waals surface area contributed by atoms with Crippen molar-refractivity contribution in [3.05, 3.63) is 78.5 Å². The molecule has 0 unspecified atom stereocenters. The van der Waals surface area contributed by atoms with E-state index in [1.807, 2.05) is 19.1 Å². The fraction of sp³-hybridized carbons (Fsp3) is 0.150. The lowest BCUT2D eigenvalue weighted by atomic mass is 10.2. The van der Waals surface area contributed by atoms with E-state index < -0.39 is 5.82 Å². The lowest BCUT2D eigenvalue weighted by molar-refractivity contribution is 0.246. The summed E-state index contributed by atoms with van der Waals surface area (Å²) in [5.41, 5.74) is 1.47. The Morgan fingerprint density at radius 2 is 2.00 bits per heavy atom. The Morgan fingerprint density at radius 3 is 2.67 bits per heavy atom. The van der Waals surface area contributed by atoms with E-state index in [0.717, 1.165) is 5.56 Å². The number of nitrogens with zero attached hydrogens (tertiary/aromatic N) is 3. The van der Waals surface area contributed by atoms with Crippen molar-refractivity contribution in [3.63, 3.8) is 0 Å². The second-order valence-electron chi connectivity index (χ2n) is 5.67. The van der Waals surface area contributed by atoms with Gasteiger partial charge in [0.25, 0.3) is 0 Å². The van der Waals surface area contributed by atoms with Gasteiger partial charge in [0.05, 0.1) is 18.4 Å². The molecule has 0 fully saturated rings. The van der Waals surface area contributed by atoms with Crippen molar-refractivity contribution >= 4 is 11.7 Å². The molecule has 3 rings (SSSR count). The van der Waals surface area contributed by atoms with Crippen molar-refractivity contribution in [2.24, 2.45) is 0 Å². The van der Waals surface area contributed by atoms with Crippen LogP contribution in [-0.2, 0) is 6.54 Å². The first-order chi connectivity index (χ1) is 13.2. The molecule has 138 valence electrons. The van der Waals surface area contributed by atoms with Crippen LogP contribution in [0.1, 0.15) is 12.5 Å². The van der Waals surface area contributed by atoms with Gasteiger partial charge in [-0.05, 0) is 36.8 Å². The number of aromatic nitrogens is 2. The van der Waals surface area contributed by atoms with Crippen LogP contribution in [0.4, 0.5) is 14.9 Å². The molecule has 0 radical (unpaired) electrons. The van der Waals surface area contributed by atoms with E-state index in [-0.39, 0.29) is 17.7 Å². The molecule has 0 spiro atoms. The van der Waals surface area contributed by atoms with Crippen LogP contribution in [0, 0.1) is 5.82 Å². The molecule has 1 aromatic carbocycles. The van der Waals surface area contributed by atoms with E-state index in [4.69, 9.17) is 4.74 Å². The second kappa shape index (κ2) is 8.75. The molecular formula is C20H19FN4O2. The number of pyridine rings is 2. The third-order valence-corrected chi connectivity index (χ3v) is 3.72. The number of hydrogen-bond acceptors (Lipinski definition) is 4. The lowest BCUT2D eigenvalue weighted by Gasteiger charge is -2.22. The molecule has 2 amide bonds. The third-order valence-electron chi connectivity index (χ3n) is 3.72. The number of benzene rings is 1. The number of para-hydroxylation sites is 1. The molecule has 1 N–H and O–H groups in total. The van der Waals surface area contributed by atoms with Crippen LogP contribution in [0.5, 0.6) is 11.6 Å². The number of urea groups is 1. The van der Waals surface area contributed by atoms with Gasteiger partial charge in [0.1, 0.15) is 0 Å². The molecule has 6 nitrogen and oxygen atoms in total. The molecule has 0 bridgehead atoms. The summed E-state index contributed by atoms with van der Waals surface area (Å²) in [4.78, 5) is 22.3. The molecule has 0 atom stereocenters. The highest BCUT2D eigenvalue weighted by Crippen LogP contribution is 2.24. The van der Waals surface area contributed by atoms with Crippen LogP contribution in [0.3, 0.4) is 0 Å². The largest absolute Gasteiger partial charge is 0.436 e. The first kappa shape index (κ1) is 18.3. The molecule has 7 heteroatoms. The van der Waals surface area contributed by atoms with Gasteiger partial charge in [0.15, 0.2) is 11.6 Å². The van der Waals surface area contributed by atoms with Gasteiger partial charge >= 0.3 is 6.03 Å². The number of carbonyl (C=O) groups is 1. The van der Waals surface area contributed by atoms with Crippen LogP contribution >= 0.6 is 0 Å². The van der Waals surface area contributed by atoms with Crippen LogP contribution in [0.25, 0.3) is 0 Å². The van der Waals surface area contributed by atoms with Crippen molar-refractivity contribution in [2.75, 3.05) is 11.4 Å². The molecule has 0 aliphatic rings. The Kier molecular flexibility index (Phi) is 5.94. The highest BCUT2D eigenvalue weighted by Gasteiger charge is 2.16. The Balaban J connectivity index is 1.80. The first-order valence-corrected chi connectivity index (χ1v) is 8.50. The molecular weight excluding hydrogens is 347 g/mol. The highest BCUT2D eigenvalue weighted by molar-refractivity contribution is 5.91. The maximum atomic E-state index is 13.7. The normalized spacial score (nSPS) is 10.3. The van der Waals surface area contributed by atoms with Crippen molar-refractivity contribution in [1.82, 2.24) is 15.3 Å². The zero-order valence-electron chi connectivity index (χ0n) is 14.8. The average Bonchev–Trinajstić information content (AvgIpc) is 2.70. The molecule has 0 aliphatic carbocycles. The zero-order valence-corrected chi connectivity index (χ0v) is 14.8. The maximum Gasteiger partial charge on any atom is 0.322 e. The molecule has 0 saturated heterocycles. The quantitative estimate of drug-likeness (QED) is 0.712. The van der Waals surface area contributed by atoms with E-state index in [0.29, 0.717) is 18.8 Å². The van der Waals surface area contributed by atoms with E-state index in [9.17, 15) is 9.18 Å². The van der Waals surface area contributed by atoms with Crippen molar-refractivity contribution < 1.29 is 13.9 Å². The summed E-state index contributed by atoms with van der Waals surface area (Å²) in [6.45, 7) is 2.70. The second-order valence-corrected chi connectivity index (χ2v) is 5.67. The summed E-state index contributed by atoms with van der Waals surface area (Å²) < 4.78 is 19.2. The van der Waals surface area contributed by atoms with Gasteiger partial charge in [-0.15, -0.1) is 0 Å². The summed E-state index contributed by atoms with van der Waals surface area (Å²) in [5, 5.41) is 2.78. The third kappa shape index (κ3) is 4.78.